The van der Waals surface area contributed by atoms with Gasteiger partial charge in [0.05, 0.1) is 0 Å². The molecular formula is C11H11ClO3. The second-order valence-electron chi connectivity index (χ2n) is 3.50. The maximum atomic E-state index is 10.5. The van der Waals surface area contributed by atoms with Crippen molar-refractivity contribution in [1.82, 2.24) is 0 Å². The molecule has 0 N–H and O–H groups in total. The fraction of sp³-hybridized carbons (Fsp3) is 0.364. The van der Waals surface area contributed by atoms with Crippen molar-refractivity contribution >= 4 is 17.9 Å². The SMILES string of the molecule is CC(CC=O)c1c(Cl)ccc2c1OCO2. The lowest BCUT2D eigenvalue weighted by atomic mass is 9.97. The third-order valence-electron chi connectivity index (χ3n) is 2.47. The van der Waals surface area contributed by atoms with Gasteiger partial charge in [0.1, 0.15) is 6.29 Å². The lowest BCUT2D eigenvalue weighted by Crippen LogP contribution is -1.99. The monoisotopic (exact) mass is 226 g/mol. The molecule has 1 aromatic carbocycles. The number of fused-ring (bicyclic) bond motifs is 1. The number of halogens is 1. The number of ether oxygens (including phenoxy) is 2. The number of carbonyl (C=O) groups excluding carboxylic acids is 1. The molecule has 1 atom stereocenters. The fourth-order valence-electron chi connectivity index (χ4n) is 1.69. The van der Waals surface area contributed by atoms with E-state index in [0.29, 0.717) is 22.9 Å². The summed E-state index contributed by atoms with van der Waals surface area (Å²) in [5.74, 6) is 1.43. The summed E-state index contributed by atoms with van der Waals surface area (Å²) in [7, 11) is 0. The molecule has 15 heavy (non-hydrogen) atoms. The van der Waals surface area contributed by atoms with E-state index in [9.17, 15) is 4.79 Å². The minimum atomic E-state index is 0.0478. The number of aldehydes is 1. The van der Waals surface area contributed by atoms with Crippen molar-refractivity contribution in [2.24, 2.45) is 0 Å². The summed E-state index contributed by atoms with van der Waals surface area (Å²) in [6.45, 7) is 2.16. The Bertz CT molecular complexity index is 390. The average molecular weight is 227 g/mol. The smallest absolute Gasteiger partial charge is 0.231 e. The molecule has 1 aliphatic heterocycles. The standard InChI is InChI=1S/C11H11ClO3/c1-7(4-5-13)10-8(12)2-3-9-11(10)15-6-14-9/h2-3,5,7H,4,6H2,1H3. The minimum Gasteiger partial charge on any atom is -0.454 e. The van der Waals surface area contributed by atoms with E-state index >= 15 is 0 Å². The first-order valence-electron chi connectivity index (χ1n) is 4.75. The topological polar surface area (TPSA) is 35.5 Å². The largest absolute Gasteiger partial charge is 0.454 e. The van der Waals surface area contributed by atoms with Crippen molar-refractivity contribution in [3.05, 3.63) is 22.7 Å². The lowest BCUT2D eigenvalue weighted by molar-refractivity contribution is -0.108. The van der Waals surface area contributed by atoms with Crippen molar-refractivity contribution in [1.29, 1.82) is 0 Å². The van der Waals surface area contributed by atoms with Crippen LogP contribution in [0.1, 0.15) is 24.8 Å². The van der Waals surface area contributed by atoms with E-state index in [1.807, 2.05) is 6.92 Å². The normalized spacial score (nSPS) is 15.1. The Morgan fingerprint density at radius 2 is 2.33 bits per heavy atom. The Kier molecular flexibility index (Phi) is 2.82. The Morgan fingerprint density at radius 3 is 3.07 bits per heavy atom. The molecule has 0 amide bonds. The second kappa shape index (κ2) is 4.11. The molecular weight excluding hydrogens is 216 g/mol. The van der Waals surface area contributed by atoms with E-state index in [-0.39, 0.29) is 12.7 Å². The predicted octanol–water partition coefficient (Wildman–Crippen LogP) is 2.76. The van der Waals surface area contributed by atoms with Crippen LogP contribution in [0.2, 0.25) is 5.02 Å². The first-order chi connectivity index (χ1) is 7.24. The van der Waals surface area contributed by atoms with E-state index in [1.165, 1.54) is 0 Å². The summed E-state index contributed by atoms with van der Waals surface area (Å²) in [4.78, 5) is 10.5. The van der Waals surface area contributed by atoms with Gasteiger partial charge in [-0.15, -0.1) is 0 Å². The van der Waals surface area contributed by atoms with Gasteiger partial charge < -0.3 is 14.3 Å². The van der Waals surface area contributed by atoms with Crippen molar-refractivity contribution < 1.29 is 14.3 Å². The molecule has 2 rings (SSSR count). The molecule has 1 aromatic rings. The van der Waals surface area contributed by atoms with Crippen LogP contribution in [-0.4, -0.2) is 13.1 Å². The van der Waals surface area contributed by atoms with Crippen molar-refractivity contribution in [2.45, 2.75) is 19.3 Å². The van der Waals surface area contributed by atoms with Crippen molar-refractivity contribution in [3.8, 4) is 11.5 Å². The van der Waals surface area contributed by atoms with Crippen LogP contribution in [0, 0.1) is 0 Å². The molecule has 3 nitrogen and oxygen atoms in total. The fourth-order valence-corrected chi connectivity index (χ4v) is 2.03. The van der Waals surface area contributed by atoms with Crippen LogP contribution < -0.4 is 9.47 Å². The molecule has 0 aromatic heterocycles. The lowest BCUT2D eigenvalue weighted by Gasteiger charge is -2.13. The Morgan fingerprint density at radius 1 is 1.53 bits per heavy atom. The van der Waals surface area contributed by atoms with Gasteiger partial charge in [-0.3, -0.25) is 0 Å². The first-order valence-corrected chi connectivity index (χ1v) is 5.13. The predicted molar refractivity (Wildman–Crippen MR) is 56.7 cm³/mol. The molecule has 0 saturated heterocycles. The van der Waals surface area contributed by atoms with Gasteiger partial charge in [0.25, 0.3) is 0 Å². The van der Waals surface area contributed by atoms with Crippen LogP contribution >= 0.6 is 11.6 Å². The van der Waals surface area contributed by atoms with Gasteiger partial charge >= 0.3 is 0 Å². The first kappa shape index (κ1) is 10.3. The van der Waals surface area contributed by atoms with Crippen LogP contribution in [0.25, 0.3) is 0 Å². The highest BCUT2D eigenvalue weighted by molar-refractivity contribution is 6.31. The third kappa shape index (κ3) is 1.79. The van der Waals surface area contributed by atoms with Crippen LogP contribution in [0.4, 0.5) is 0 Å². The van der Waals surface area contributed by atoms with E-state index < -0.39 is 0 Å². The quantitative estimate of drug-likeness (QED) is 0.744. The minimum absolute atomic E-state index is 0.0478. The van der Waals surface area contributed by atoms with Crippen LogP contribution in [0.5, 0.6) is 11.5 Å². The van der Waals surface area contributed by atoms with Crippen molar-refractivity contribution in [2.75, 3.05) is 6.79 Å². The highest BCUT2D eigenvalue weighted by Gasteiger charge is 2.23. The van der Waals surface area contributed by atoms with Crippen LogP contribution in [-0.2, 0) is 4.79 Å². The zero-order chi connectivity index (χ0) is 10.8. The third-order valence-corrected chi connectivity index (χ3v) is 2.80. The zero-order valence-corrected chi connectivity index (χ0v) is 9.08. The Hall–Kier alpha value is -1.22. The van der Waals surface area contributed by atoms with E-state index in [2.05, 4.69) is 0 Å². The van der Waals surface area contributed by atoms with E-state index in [4.69, 9.17) is 21.1 Å². The van der Waals surface area contributed by atoms with Gasteiger partial charge in [0.2, 0.25) is 6.79 Å². The maximum Gasteiger partial charge on any atom is 0.231 e. The summed E-state index contributed by atoms with van der Waals surface area (Å²) in [6.07, 6.45) is 1.32. The van der Waals surface area contributed by atoms with Gasteiger partial charge in [0, 0.05) is 17.0 Å². The highest BCUT2D eigenvalue weighted by Crippen LogP contribution is 2.43. The molecule has 1 aliphatic rings. The number of benzene rings is 1. The molecule has 80 valence electrons. The summed E-state index contributed by atoms with van der Waals surface area (Å²) < 4.78 is 10.6. The molecule has 0 radical (unpaired) electrons. The van der Waals surface area contributed by atoms with Gasteiger partial charge in [-0.25, -0.2) is 0 Å². The van der Waals surface area contributed by atoms with Crippen molar-refractivity contribution in [3.63, 3.8) is 0 Å². The summed E-state index contributed by atoms with van der Waals surface area (Å²) in [5.41, 5.74) is 0.860. The summed E-state index contributed by atoms with van der Waals surface area (Å²) in [6, 6.07) is 3.55. The number of hydrogen-bond donors (Lipinski definition) is 0. The molecule has 4 heteroatoms. The number of hydrogen-bond acceptors (Lipinski definition) is 3. The molecule has 0 aliphatic carbocycles. The molecule has 0 saturated carbocycles. The maximum absolute atomic E-state index is 10.5. The van der Waals surface area contributed by atoms with Gasteiger partial charge in [-0.2, -0.15) is 0 Å². The summed E-state index contributed by atoms with van der Waals surface area (Å²) >= 11 is 6.09. The molecule has 1 unspecified atom stereocenters. The Balaban J connectivity index is 2.44. The molecule has 0 spiro atoms. The van der Waals surface area contributed by atoms with E-state index in [0.717, 1.165) is 11.8 Å². The van der Waals surface area contributed by atoms with E-state index in [1.54, 1.807) is 12.1 Å². The van der Waals surface area contributed by atoms with Crippen LogP contribution in [0.3, 0.4) is 0 Å². The molecule has 1 heterocycles. The molecule has 0 fully saturated rings. The summed E-state index contributed by atoms with van der Waals surface area (Å²) in [5, 5.41) is 0.619. The zero-order valence-electron chi connectivity index (χ0n) is 8.33. The van der Waals surface area contributed by atoms with Gasteiger partial charge in [-0.1, -0.05) is 18.5 Å². The Labute approximate surface area is 92.9 Å². The van der Waals surface area contributed by atoms with Gasteiger partial charge in [0.15, 0.2) is 11.5 Å². The van der Waals surface area contributed by atoms with Gasteiger partial charge in [-0.05, 0) is 18.1 Å². The second-order valence-corrected chi connectivity index (χ2v) is 3.91. The number of rotatable bonds is 3. The average Bonchev–Trinajstić information content (AvgIpc) is 2.65. The number of carbonyl (C=O) groups is 1. The van der Waals surface area contributed by atoms with Crippen LogP contribution in [0.15, 0.2) is 12.1 Å². The highest BCUT2D eigenvalue weighted by atomic mass is 35.5. The molecule has 0 bridgehead atoms.